The number of carboxylic acids is 4. The third-order valence-electron chi connectivity index (χ3n) is 9.40. The fourth-order valence-electron chi connectivity index (χ4n) is 6.99. The maximum absolute atomic E-state index is 14.0. The van der Waals surface area contributed by atoms with E-state index in [0.717, 1.165) is 9.80 Å². The molecule has 0 fully saturated rings. The zero-order chi connectivity index (χ0) is 39.7. The number of carbonyl (C=O) groups is 4. The van der Waals surface area contributed by atoms with Gasteiger partial charge in [-0.3, -0.25) is 29.0 Å². The second-order valence-corrected chi connectivity index (χ2v) is 15.3. The molecule has 3 aromatic carbocycles. The van der Waals surface area contributed by atoms with Crippen LogP contribution in [0.25, 0.3) is 0 Å². The van der Waals surface area contributed by atoms with Gasteiger partial charge in [0.05, 0.1) is 26.2 Å². The topological polar surface area (TPSA) is 240 Å². The predicted octanol–water partition coefficient (Wildman–Crippen LogP) is 2.39. The van der Waals surface area contributed by atoms with Crippen LogP contribution in [0.3, 0.4) is 0 Å². The Kier molecular flexibility index (Phi) is 22.3. The van der Waals surface area contributed by atoms with Crippen LogP contribution in [-0.4, -0.2) is 217 Å². The Morgan fingerprint density at radius 2 is 0.965 bits per heavy atom. The first-order valence-electron chi connectivity index (χ1n) is 16.7. The van der Waals surface area contributed by atoms with Gasteiger partial charge in [0.25, 0.3) is 10.1 Å². The van der Waals surface area contributed by atoms with Crippen LogP contribution in [0.2, 0.25) is 0 Å². The summed E-state index contributed by atoms with van der Waals surface area (Å²) >= 11 is 0. The molecule has 4 rings (SSSR count). The summed E-state index contributed by atoms with van der Waals surface area (Å²) in [4.78, 5) is 49.1. The average molecular weight is 849 g/mol. The van der Waals surface area contributed by atoms with E-state index in [-0.39, 0.29) is 187 Å². The van der Waals surface area contributed by atoms with E-state index >= 15 is 0 Å². The molecule has 0 saturated heterocycles. The van der Waals surface area contributed by atoms with Crippen molar-refractivity contribution in [1.29, 1.82) is 0 Å². The number of phenolic OH excluding ortho intramolecular Hbond substituents is 2. The monoisotopic (exact) mass is 848 g/mol. The Morgan fingerprint density at radius 1 is 0.632 bits per heavy atom. The van der Waals surface area contributed by atoms with Crippen molar-refractivity contribution in [3.63, 3.8) is 0 Å². The Balaban J connectivity index is 0.00000784. The van der Waals surface area contributed by atoms with Gasteiger partial charge in [0, 0.05) is 148 Å². The molecule has 0 unspecified atom stereocenters. The quantitative estimate of drug-likeness (QED) is 0.0897. The zero-order valence-electron chi connectivity index (χ0n) is 34.2. The third kappa shape index (κ3) is 12.3. The summed E-state index contributed by atoms with van der Waals surface area (Å²) in [6, 6.07) is 9.25. The maximum Gasteiger partial charge on any atom is 0.317 e. The van der Waals surface area contributed by atoms with Crippen LogP contribution in [0.15, 0.2) is 41.3 Å². The molecule has 0 aliphatic carbocycles. The Morgan fingerprint density at radius 3 is 1.28 bits per heavy atom. The summed E-state index contributed by atoms with van der Waals surface area (Å²) in [7, 11) is -4.52. The van der Waals surface area contributed by atoms with Crippen LogP contribution < -0.4 is 0 Å². The van der Waals surface area contributed by atoms with Crippen molar-refractivity contribution in [1.82, 2.24) is 9.80 Å². The van der Waals surface area contributed by atoms with Gasteiger partial charge < -0.3 is 30.6 Å². The SMILES string of the molecule is Cc1c(C2(c3cc(C(C)C)c(O)c(CN(CC(=O)O)CC(=O)O)c3C)OS(=O)(=O)c3ccccc32)cc(C(C)C)c(O)c1CN(CC(=O)O)CC(=O)O.[Na].[Na].[Na].[Na]. The molecule has 6 N–H and O–H groups in total. The van der Waals surface area contributed by atoms with Crippen molar-refractivity contribution in [2.75, 3.05) is 26.2 Å². The number of carboxylic acid groups (broad SMARTS) is 4. The number of benzene rings is 3. The van der Waals surface area contributed by atoms with Crippen molar-refractivity contribution in [3.05, 3.63) is 86.5 Å². The van der Waals surface area contributed by atoms with E-state index in [0.29, 0.717) is 11.1 Å². The first-order valence-corrected chi connectivity index (χ1v) is 18.1. The molecule has 0 atom stereocenters. The van der Waals surface area contributed by atoms with E-state index < -0.39 is 77.6 Å². The predicted molar refractivity (Wildman–Crippen MR) is 213 cm³/mol. The first kappa shape index (κ1) is 56.0. The van der Waals surface area contributed by atoms with E-state index in [4.69, 9.17) is 4.18 Å². The van der Waals surface area contributed by atoms with Crippen LogP contribution in [0.1, 0.15) is 89.6 Å². The molecule has 0 saturated carbocycles. The summed E-state index contributed by atoms with van der Waals surface area (Å²) in [5.41, 5.74) is 0.0152. The molecule has 290 valence electrons. The van der Waals surface area contributed by atoms with Crippen LogP contribution in [0.5, 0.6) is 11.5 Å². The van der Waals surface area contributed by atoms with Gasteiger partial charge in [0.15, 0.2) is 5.60 Å². The zero-order valence-corrected chi connectivity index (χ0v) is 43.0. The van der Waals surface area contributed by atoms with Crippen LogP contribution in [-0.2, 0) is 52.2 Å². The fraction of sp³-hybridized carbons (Fsp3) is 0.405. The molecule has 4 radical (unpaired) electrons. The minimum absolute atomic E-state index is 0. The molecule has 0 spiro atoms. The Hall–Kier alpha value is -1.03. The number of nitrogens with zero attached hydrogens (tertiary/aromatic N) is 2. The van der Waals surface area contributed by atoms with Gasteiger partial charge in [0.2, 0.25) is 0 Å². The molecule has 1 aliphatic rings. The molecule has 1 aliphatic heterocycles. The van der Waals surface area contributed by atoms with Crippen LogP contribution >= 0.6 is 0 Å². The largest absolute Gasteiger partial charge is 0.507 e. The van der Waals surface area contributed by atoms with E-state index in [1.165, 1.54) is 12.1 Å². The molecule has 15 nitrogen and oxygen atoms in total. The number of rotatable bonds is 16. The van der Waals surface area contributed by atoms with Crippen molar-refractivity contribution >= 4 is 152 Å². The van der Waals surface area contributed by atoms with Gasteiger partial charge in [-0.25, -0.2) is 4.18 Å². The number of aromatic hydroxyl groups is 2. The minimum atomic E-state index is -4.52. The number of phenols is 2. The standard InChI is InChI=1S/C37H44N2O13S.4Na/c1-19(2)23-11-28(21(5)25(35(23)48)13-38(15-31(40)41)16-32(42)43)37(27-9-7-8-10-30(27)53(50,51)52-37)29-12-24(20(3)4)36(49)26(22(29)6)14-39(17-33(44)45)18-34(46)47;;;;/h7-12,19-20,48-49H,13-18H2,1-6H3,(H,40,41)(H,42,43)(H,44,45)(H,46,47);;;;. The molecular formula is C37H44N2Na4O13S. The minimum Gasteiger partial charge on any atom is -0.507 e. The maximum atomic E-state index is 14.0. The van der Waals surface area contributed by atoms with Crippen molar-refractivity contribution in [3.8, 4) is 11.5 Å². The van der Waals surface area contributed by atoms with Crippen LogP contribution in [0.4, 0.5) is 0 Å². The van der Waals surface area contributed by atoms with Gasteiger partial charge in [-0.2, -0.15) is 8.42 Å². The summed E-state index contributed by atoms with van der Waals surface area (Å²) in [6.07, 6.45) is 0. The third-order valence-corrected chi connectivity index (χ3v) is 10.8. The molecule has 0 bridgehead atoms. The van der Waals surface area contributed by atoms with Gasteiger partial charge in [-0.15, -0.1) is 0 Å². The number of hydrogen-bond acceptors (Lipinski definition) is 11. The Bertz CT molecular complexity index is 1960. The van der Waals surface area contributed by atoms with Gasteiger partial charge in [-0.1, -0.05) is 45.9 Å². The Labute approximate surface area is 420 Å². The van der Waals surface area contributed by atoms with Gasteiger partial charge in [-0.05, 0) is 77.3 Å². The summed E-state index contributed by atoms with van der Waals surface area (Å²) in [5, 5.41) is 61.6. The van der Waals surface area contributed by atoms with Gasteiger partial charge in [0.1, 0.15) is 16.4 Å². The number of aliphatic carboxylic acids is 4. The summed E-state index contributed by atoms with van der Waals surface area (Å²) in [6.45, 7) is 6.79. The van der Waals surface area contributed by atoms with Crippen molar-refractivity contribution in [2.45, 2.75) is 77.0 Å². The summed E-state index contributed by atoms with van der Waals surface area (Å²) in [5.74, 6) is -6.52. The fourth-order valence-corrected chi connectivity index (χ4v) is 8.41. The summed E-state index contributed by atoms with van der Waals surface area (Å²) < 4.78 is 34.3. The van der Waals surface area contributed by atoms with E-state index in [9.17, 15) is 58.2 Å². The normalized spacial score (nSPS) is 13.6. The molecule has 0 aromatic heterocycles. The molecular weight excluding hydrogens is 804 g/mol. The second kappa shape index (κ2) is 22.7. The van der Waals surface area contributed by atoms with Crippen molar-refractivity contribution in [2.24, 2.45) is 0 Å². The van der Waals surface area contributed by atoms with E-state index in [1.54, 1.807) is 65.8 Å². The number of fused-ring (bicyclic) bond motifs is 1. The molecule has 1 heterocycles. The van der Waals surface area contributed by atoms with Crippen LogP contribution in [0, 0.1) is 13.8 Å². The molecule has 20 heteroatoms. The second-order valence-electron chi connectivity index (χ2n) is 13.8. The van der Waals surface area contributed by atoms with Crippen molar-refractivity contribution < 1.29 is 62.4 Å². The number of hydrogen-bond donors (Lipinski definition) is 6. The first-order chi connectivity index (χ1) is 24.6. The molecule has 3 aromatic rings. The molecule has 57 heavy (non-hydrogen) atoms. The molecule has 0 amide bonds. The average Bonchev–Trinajstić information content (AvgIpc) is 3.27. The van der Waals surface area contributed by atoms with E-state index in [2.05, 4.69) is 0 Å². The smallest absolute Gasteiger partial charge is 0.317 e. The van der Waals surface area contributed by atoms with E-state index in [1.807, 2.05) is 0 Å². The van der Waals surface area contributed by atoms with Gasteiger partial charge >= 0.3 is 23.9 Å².